The van der Waals surface area contributed by atoms with Crippen LogP contribution in [-0.2, 0) is 0 Å². The molecule has 1 aromatic rings. The number of nitrogens with zero attached hydrogens (tertiary/aromatic N) is 2. The monoisotopic (exact) mass is 163 g/mol. The van der Waals surface area contributed by atoms with Crippen molar-refractivity contribution in [3.63, 3.8) is 0 Å². The summed E-state index contributed by atoms with van der Waals surface area (Å²) in [4.78, 5) is 8.30. The van der Waals surface area contributed by atoms with Crippen molar-refractivity contribution in [2.45, 2.75) is 19.8 Å². The number of hydrogen-bond donors (Lipinski definition) is 1. The van der Waals surface area contributed by atoms with E-state index >= 15 is 0 Å². The molecule has 0 fully saturated rings. The van der Waals surface area contributed by atoms with Gasteiger partial charge in [0.1, 0.15) is 5.82 Å². The first-order valence-electron chi connectivity index (χ1n) is 3.88. The zero-order valence-corrected chi connectivity index (χ0v) is 7.41. The Hall–Kier alpha value is -1.38. The largest absolute Gasteiger partial charge is 0.399 e. The average Bonchev–Trinajstić information content (AvgIpc) is 2.04. The molecule has 64 valence electrons. The highest BCUT2D eigenvalue weighted by Gasteiger charge is 2.01. The van der Waals surface area contributed by atoms with Crippen LogP contribution in [0.15, 0.2) is 19.0 Å². The SMILES string of the molecule is C=C(N)c1cnc(C(C)C)nc1. The highest BCUT2D eigenvalue weighted by Crippen LogP contribution is 2.09. The number of aromatic nitrogens is 2. The third-order valence-electron chi connectivity index (χ3n) is 1.56. The minimum Gasteiger partial charge on any atom is -0.399 e. The first-order chi connectivity index (χ1) is 5.61. The molecule has 0 bridgehead atoms. The quantitative estimate of drug-likeness (QED) is 0.719. The summed E-state index contributed by atoms with van der Waals surface area (Å²) in [6.07, 6.45) is 3.40. The standard InChI is InChI=1S/C9H13N3/c1-6(2)9-11-4-8(5-12-9)7(3)10/h4-6H,3,10H2,1-2H3. The van der Waals surface area contributed by atoms with E-state index in [4.69, 9.17) is 5.73 Å². The molecular formula is C9H13N3. The lowest BCUT2D eigenvalue weighted by atomic mass is 10.2. The molecule has 1 rings (SSSR count). The van der Waals surface area contributed by atoms with Crippen molar-refractivity contribution in [3.05, 3.63) is 30.4 Å². The summed E-state index contributed by atoms with van der Waals surface area (Å²) in [6, 6.07) is 0. The third kappa shape index (κ3) is 1.81. The Balaban J connectivity index is 2.93. The lowest BCUT2D eigenvalue weighted by molar-refractivity contribution is 0.772. The van der Waals surface area contributed by atoms with Gasteiger partial charge in [-0.2, -0.15) is 0 Å². The smallest absolute Gasteiger partial charge is 0.130 e. The molecule has 0 spiro atoms. The van der Waals surface area contributed by atoms with E-state index in [0.29, 0.717) is 11.6 Å². The predicted octanol–water partition coefficient (Wildman–Crippen LogP) is 1.53. The summed E-state index contributed by atoms with van der Waals surface area (Å²) < 4.78 is 0. The van der Waals surface area contributed by atoms with Crippen LogP contribution in [0.2, 0.25) is 0 Å². The van der Waals surface area contributed by atoms with Gasteiger partial charge in [-0.3, -0.25) is 0 Å². The Morgan fingerprint density at radius 3 is 2.25 bits per heavy atom. The third-order valence-corrected chi connectivity index (χ3v) is 1.56. The van der Waals surface area contributed by atoms with Gasteiger partial charge in [0.2, 0.25) is 0 Å². The van der Waals surface area contributed by atoms with Crippen molar-refractivity contribution < 1.29 is 0 Å². The van der Waals surface area contributed by atoms with E-state index in [1.165, 1.54) is 0 Å². The molecule has 0 aliphatic rings. The fourth-order valence-electron chi connectivity index (χ4n) is 0.802. The summed E-state index contributed by atoms with van der Waals surface area (Å²) in [5, 5.41) is 0. The van der Waals surface area contributed by atoms with Crippen molar-refractivity contribution in [1.82, 2.24) is 9.97 Å². The summed E-state index contributed by atoms with van der Waals surface area (Å²) >= 11 is 0. The lowest BCUT2D eigenvalue weighted by Gasteiger charge is -2.03. The van der Waals surface area contributed by atoms with E-state index in [2.05, 4.69) is 16.5 Å². The normalized spacial score (nSPS) is 10.2. The van der Waals surface area contributed by atoms with E-state index in [1.807, 2.05) is 13.8 Å². The average molecular weight is 163 g/mol. The Morgan fingerprint density at radius 1 is 1.42 bits per heavy atom. The van der Waals surface area contributed by atoms with Gasteiger partial charge in [-0.05, 0) is 0 Å². The number of nitrogens with two attached hydrogens (primary N) is 1. The first-order valence-corrected chi connectivity index (χ1v) is 3.88. The lowest BCUT2D eigenvalue weighted by Crippen LogP contribution is -2.00. The van der Waals surface area contributed by atoms with E-state index in [9.17, 15) is 0 Å². The van der Waals surface area contributed by atoms with Crippen molar-refractivity contribution in [2.75, 3.05) is 0 Å². The predicted molar refractivity (Wildman–Crippen MR) is 49.3 cm³/mol. The summed E-state index contributed by atoms with van der Waals surface area (Å²) in [5.41, 5.74) is 6.76. The molecule has 0 aliphatic carbocycles. The second kappa shape index (κ2) is 3.34. The molecule has 0 saturated heterocycles. The zero-order chi connectivity index (χ0) is 9.14. The zero-order valence-electron chi connectivity index (χ0n) is 7.41. The topological polar surface area (TPSA) is 51.8 Å². The van der Waals surface area contributed by atoms with Gasteiger partial charge in [-0.1, -0.05) is 20.4 Å². The highest BCUT2D eigenvalue weighted by molar-refractivity contribution is 5.58. The van der Waals surface area contributed by atoms with Crippen molar-refractivity contribution >= 4 is 5.70 Å². The molecule has 3 nitrogen and oxygen atoms in total. The number of rotatable bonds is 2. The molecule has 0 saturated carbocycles. The molecule has 2 N–H and O–H groups in total. The molecule has 1 aromatic heterocycles. The molecule has 0 aliphatic heterocycles. The van der Waals surface area contributed by atoms with Crippen LogP contribution in [0.1, 0.15) is 31.2 Å². The fraction of sp³-hybridized carbons (Fsp3) is 0.333. The Bertz CT molecular complexity index is 274. The number of hydrogen-bond acceptors (Lipinski definition) is 3. The molecule has 3 heteroatoms. The van der Waals surface area contributed by atoms with Crippen LogP contribution in [0.4, 0.5) is 0 Å². The van der Waals surface area contributed by atoms with Crippen LogP contribution in [0.25, 0.3) is 5.70 Å². The molecule has 0 aromatic carbocycles. The van der Waals surface area contributed by atoms with E-state index < -0.39 is 0 Å². The second-order valence-electron chi connectivity index (χ2n) is 3.01. The van der Waals surface area contributed by atoms with E-state index in [1.54, 1.807) is 12.4 Å². The Morgan fingerprint density at radius 2 is 1.92 bits per heavy atom. The van der Waals surface area contributed by atoms with E-state index in [-0.39, 0.29) is 0 Å². The van der Waals surface area contributed by atoms with Crippen molar-refractivity contribution in [3.8, 4) is 0 Å². The van der Waals surface area contributed by atoms with Gasteiger partial charge in [0.25, 0.3) is 0 Å². The van der Waals surface area contributed by atoms with Gasteiger partial charge in [0, 0.05) is 29.6 Å². The van der Waals surface area contributed by atoms with E-state index in [0.717, 1.165) is 11.4 Å². The summed E-state index contributed by atoms with van der Waals surface area (Å²) in [7, 11) is 0. The van der Waals surface area contributed by atoms with Crippen LogP contribution in [0.5, 0.6) is 0 Å². The van der Waals surface area contributed by atoms with Crippen LogP contribution in [0, 0.1) is 0 Å². The van der Waals surface area contributed by atoms with Crippen LogP contribution in [-0.4, -0.2) is 9.97 Å². The van der Waals surface area contributed by atoms with Crippen LogP contribution < -0.4 is 5.73 Å². The minimum atomic E-state index is 0.352. The Kier molecular flexibility index (Phi) is 2.43. The Labute approximate surface area is 72.3 Å². The second-order valence-corrected chi connectivity index (χ2v) is 3.01. The van der Waals surface area contributed by atoms with Gasteiger partial charge >= 0.3 is 0 Å². The molecule has 12 heavy (non-hydrogen) atoms. The van der Waals surface area contributed by atoms with Crippen molar-refractivity contribution in [1.29, 1.82) is 0 Å². The maximum atomic E-state index is 5.47. The van der Waals surface area contributed by atoms with Gasteiger partial charge < -0.3 is 5.73 Å². The van der Waals surface area contributed by atoms with Gasteiger partial charge in [0.05, 0.1) is 0 Å². The fourth-order valence-corrected chi connectivity index (χ4v) is 0.802. The van der Waals surface area contributed by atoms with Gasteiger partial charge in [-0.15, -0.1) is 0 Å². The van der Waals surface area contributed by atoms with Crippen molar-refractivity contribution in [2.24, 2.45) is 5.73 Å². The summed E-state index contributed by atoms with van der Waals surface area (Å²) in [5.74, 6) is 1.19. The molecule has 1 heterocycles. The maximum Gasteiger partial charge on any atom is 0.130 e. The molecule has 0 radical (unpaired) electrons. The molecule has 0 atom stereocenters. The summed E-state index contributed by atoms with van der Waals surface area (Å²) in [6.45, 7) is 7.69. The molecule has 0 amide bonds. The molecule has 0 unspecified atom stereocenters. The van der Waals surface area contributed by atoms with Crippen LogP contribution >= 0.6 is 0 Å². The minimum absolute atomic E-state index is 0.352. The maximum absolute atomic E-state index is 5.47. The van der Waals surface area contributed by atoms with Gasteiger partial charge in [0.15, 0.2) is 0 Å². The van der Waals surface area contributed by atoms with Gasteiger partial charge in [-0.25, -0.2) is 9.97 Å². The van der Waals surface area contributed by atoms with Crippen LogP contribution in [0.3, 0.4) is 0 Å². The molecular weight excluding hydrogens is 150 g/mol. The first kappa shape index (κ1) is 8.71. The highest BCUT2D eigenvalue weighted by atomic mass is 14.9.